The van der Waals surface area contributed by atoms with E-state index in [1.165, 1.54) is 4.90 Å². The van der Waals surface area contributed by atoms with Gasteiger partial charge in [0.25, 0.3) is 0 Å². The van der Waals surface area contributed by atoms with Crippen LogP contribution in [0.15, 0.2) is 22.7 Å². The topological polar surface area (TPSA) is 81.1 Å². The van der Waals surface area contributed by atoms with Gasteiger partial charge in [-0.15, -0.1) is 0 Å². The monoisotopic (exact) mass is 342 g/mol. The summed E-state index contributed by atoms with van der Waals surface area (Å²) in [7, 11) is 0. The molecule has 1 aliphatic rings. The molecule has 0 atom stereocenters. The third-order valence-electron chi connectivity index (χ3n) is 3.34. The van der Waals surface area contributed by atoms with Crippen LogP contribution < -0.4 is 0 Å². The number of carbonyl (C=O) groups is 2. The summed E-state index contributed by atoms with van der Waals surface area (Å²) in [5.74, 6) is -0.952. The lowest BCUT2D eigenvalue weighted by Gasteiger charge is -2.33. The van der Waals surface area contributed by atoms with Crippen LogP contribution >= 0.6 is 15.9 Å². The highest BCUT2D eigenvalue weighted by Gasteiger charge is 2.20. The maximum atomic E-state index is 10.9. The zero-order valence-electron chi connectivity index (χ0n) is 10.8. The van der Waals surface area contributed by atoms with E-state index in [4.69, 9.17) is 10.2 Å². The van der Waals surface area contributed by atoms with Crippen LogP contribution in [0.25, 0.3) is 0 Å². The summed E-state index contributed by atoms with van der Waals surface area (Å²) >= 11 is 3.38. The molecule has 0 radical (unpaired) electrons. The smallest absolute Gasteiger partial charge is 0.407 e. The lowest BCUT2D eigenvalue weighted by molar-refractivity contribution is 0.0696. The molecule has 108 valence electrons. The SMILES string of the molecule is O=C(O)c1ccc(CN2CCN(C(=O)O)CC2)c(Br)c1. The number of piperazine rings is 1. The van der Waals surface area contributed by atoms with Crippen molar-refractivity contribution in [3.05, 3.63) is 33.8 Å². The van der Waals surface area contributed by atoms with Gasteiger partial charge in [0.2, 0.25) is 0 Å². The molecule has 1 heterocycles. The van der Waals surface area contributed by atoms with Crippen LogP contribution in [0.2, 0.25) is 0 Å². The second-order valence-electron chi connectivity index (χ2n) is 4.66. The predicted octanol–water partition coefficient (Wildman–Crippen LogP) is 1.94. The van der Waals surface area contributed by atoms with Gasteiger partial charge in [-0.2, -0.15) is 0 Å². The molecule has 0 aromatic heterocycles. The molecule has 1 aliphatic heterocycles. The van der Waals surface area contributed by atoms with E-state index in [0.717, 1.165) is 10.0 Å². The van der Waals surface area contributed by atoms with Crippen molar-refractivity contribution >= 4 is 28.0 Å². The lowest BCUT2D eigenvalue weighted by Crippen LogP contribution is -2.47. The van der Waals surface area contributed by atoms with E-state index in [1.54, 1.807) is 18.2 Å². The van der Waals surface area contributed by atoms with Gasteiger partial charge in [0, 0.05) is 37.2 Å². The molecule has 7 heteroatoms. The number of benzene rings is 1. The van der Waals surface area contributed by atoms with Gasteiger partial charge < -0.3 is 15.1 Å². The van der Waals surface area contributed by atoms with Crippen molar-refractivity contribution in [2.45, 2.75) is 6.54 Å². The Hall–Kier alpha value is -1.60. The number of aromatic carboxylic acids is 1. The van der Waals surface area contributed by atoms with Crippen LogP contribution in [0.4, 0.5) is 4.79 Å². The van der Waals surface area contributed by atoms with Crippen LogP contribution in [0.3, 0.4) is 0 Å². The molecular weight excluding hydrogens is 328 g/mol. The summed E-state index contributed by atoms with van der Waals surface area (Å²) < 4.78 is 0.762. The Balaban J connectivity index is 1.98. The van der Waals surface area contributed by atoms with E-state index in [1.807, 2.05) is 0 Å². The number of halogens is 1. The minimum atomic E-state index is -0.952. The first kappa shape index (κ1) is 14.8. The molecule has 1 saturated heterocycles. The maximum absolute atomic E-state index is 10.9. The Bertz CT molecular complexity index is 527. The van der Waals surface area contributed by atoms with Gasteiger partial charge in [0.05, 0.1) is 5.56 Å². The summed E-state index contributed by atoms with van der Waals surface area (Å²) in [5, 5.41) is 17.8. The van der Waals surface area contributed by atoms with Crippen LogP contribution in [0, 0.1) is 0 Å². The van der Waals surface area contributed by atoms with Crippen LogP contribution in [0.5, 0.6) is 0 Å². The quantitative estimate of drug-likeness (QED) is 0.877. The van der Waals surface area contributed by atoms with Crippen molar-refractivity contribution in [1.82, 2.24) is 9.80 Å². The number of amides is 1. The average molecular weight is 343 g/mol. The van der Waals surface area contributed by atoms with E-state index >= 15 is 0 Å². The molecule has 1 aromatic rings. The second-order valence-corrected chi connectivity index (χ2v) is 5.51. The number of nitrogens with zero attached hydrogens (tertiary/aromatic N) is 2. The van der Waals surface area contributed by atoms with E-state index < -0.39 is 12.1 Å². The summed E-state index contributed by atoms with van der Waals surface area (Å²) in [5.41, 5.74) is 1.25. The molecule has 0 saturated carbocycles. The molecule has 2 rings (SSSR count). The van der Waals surface area contributed by atoms with Crippen molar-refractivity contribution < 1.29 is 19.8 Å². The maximum Gasteiger partial charge on any atom is 0.407 e. The number of hydrogen-bond donors (Lipinski definition) is 2. The van der Waals surface area contributed by atoms with Gasteiger partial charge >= 0.3 is 12.1 Å². The zero-order valence-corrected chi connectivity index (χ0v) is 12.3. The number of carboxylic acids is 1. The van der Waals surface area contributed by atoms with Gasteiger partial charge in [-0.3, -0.25) is 4.90 Å². The fourth-order valence-electron chi connectivity index (χ4n) is 2.15. The largest absolute Gasteiger partial charge is 0.478 e. The minimum Gasteiger partial charge on any atom is -0.478 e. The molecule has 1 amide bonds. The third-order valence-corrected chi connectivity index (χ3v) is 4.07. The summed E-state index contributed by atoms with van der Waals surface area (Å²) in [6.07, 6.45) is -0.878. The Kier molecular flexibility index (Phi) is 4.61. The molecule has 2 N–H and O–H groups in total. The van der Waals surface area contributed by atoms with Crippen molar-refractivity contribution in [3.8, 4) is 0 Å². The normalized spacial score (nSPS) is 16.1. The standard InChI is InChI=1S/C13H15BrN2O4/c14-11-7-9(12(17)18)1-2-10(11)8-15-3-5-16(6-4-15)13(19)20/h1-2,7H,3-6,8H2,(H,17,18)(H,19,20). The number of carboxylic acid groups (broad SMARTS) is 2. The summed E-state index contributed by atoms with van der Waals surface area (Å²) in [6.45, 7) is 3.03. The van der Waals surface area contributed by atoms with Crippen molar-refractivity contribution in [2.24, 2.45) is 0 Å². The van der Waals surface area contributed by atoms with E-state index in [-0.39, 0.29) is 5.56 Å². The van der Waals surface area contributed by atoms with E-state index in [2.05, 4.69) is 20.8 Å². The van der Waals surface area contributed by atoms with Crippen LogP contribution in [0.1, 0.15) is 15.9 Å². The third kappa shape index (κ3) is 3.49. The highest BCUT2D eigenvalue weighted by atomic mass is 79.9. The Morgan fingerprint density at radius 3 is 2.30 bits per heavy atom. The van der Waals surface area contributed by atoms with Gasteiger partial charge in [-0.05, 0) is 17.7 Å². The van der Waals surface area contributed by atoms with Crippen molar-refractivity contribution in [2.75, 3.05) is 26.2 Å². The average Bonchev–Trinajstić information content (AvgIpc) is 2.41. The first-order valence-corrected chi connectivity index (χ1v) is 6.98. The molecule has 6 nitrogen and oxygen atoms in total. The highest BCUT2D eigenvalue weighted by Crippen LogP contribution is 2.21. The van der Waals surface area contributed by atoms with Crippen molar-refractivity contribution in [1.29, 1.82) is 0 Å². The Labute approximate surface area is 124 Å². The predicted molar refractivity (Wildman–Crippen MR) is 76.0 cm³/mol. The first-order valence-electron chi connectivity index (χ1n) is 6.19. The molecule has 0 bridgehead atoms. The highest BCUT2D eigenvalue weighted by molar-refractivity contribution is 9.10. The molecule has 0 unspecified atom stereocenters. The molecule has 20 heavy (non-hydrogen) atoms. The molecular formula is C13H15BrN2O4. The molecule has 0 aliphatic carbocycles. The Morgan fingerprint density at radius 1 is 1.15 bits per heavy atom. The van der Waals surface area contributed by atoms with Crippen molar-refractivity contribution in [3.63, 3.8) is 0 Å². The summed E-state index contributed by atoms with van der Waals surface area (Å²) in [4.78, 5) is 25.2. The van der Waals surface area contributed by atoms with Gasteiger partial charge in [0.15, 0.2) is 0 Å². The number of rotatable bonds is 3. The minimum absolute atomic E-state index is 0.247. The fraction of sp³-hybridized carbons (Fsp3) is 0.385. The van der Waals surface area contributed by atoms with Gasteiger partial charge in [-0.25, -0.2) is 9.59 Å². The first-order chi connectivity index (χ1) is 9.47. The fourth-order valence-corrected chi connectivity index (χ4v) is 2.65. The van der Waals surface area contributed by atoms with E-state index in [0.29, 0.717) is 32.7 Å². The number of hydrogen-bond acceptors (Lipinski definition) is 3. The lowest BCUT2D eigenvalue weighted by atomic mass is 10.1. The Morgan fingerprint density at radius 2 is 1.80 bits per heavy atom. The van der Waals surface area contributed by atoms with E-state index in [9.17, 15) is 9.59 Å². The van der Waals surface area contributed by atoms with Gasteiger partial charge in [0.1, 0.15) is 0 Å². The zero-order chi connectivity index (χ0) is 14.7. The van der Waals surface area contributed by atoms with Crippen LogP contribution in [-0.2, 0) is 6.54 Å². The summed E-state index contributed by atoms with van der Waals surface area (Å²) in [6, 6.07) is 4.96. The molecule has 1 aromatic carbocycles. The molecule has 0 spiro atoms. The van der Waals surface area contributed by atoms with Crippen LogP contribution in [-0.4, -0.2) is 58.3 Å². The van der Waals surface area contributed by atoms with Gasteiger partial charge in [-0.1, -0.05) is 22.0 Å². The second kappa shape index (κ2) is 6.23. The molecule has 1 fully saturated rings.